The molecule has 3 aromatic rings. The third kappa shape index (κ3) is 6.77. The first kappa shape index (κ1) is 32.3. The summed E-state index contributed by atoms with van der Waals surface area (Å²) in [6, 6.07) is 17.3. The maximum absolute atomic E-state index is 12.7. The minimum atomic E-state index is -0.304. The summed E-state index contributed by atoms with van der Waals surface area (Å²) in [6.45, 7) is 13.9. The van der Waals surface area contributed by atoms with Crippen molar-refractivity contribution in [3.63, 3.8) is 0 Å². The average Bonchev–Trinajstić information content (AvgIpc) is 3.10. The van der Waals surface area contributed by atoms with Gasteiger partial charge in [-0.1, -0.05) is 43.3 Å². The lowest BCUT2D eigenvalue weighted by Gasteiger charge is -2.43. The van der Waals surface area contributed by atoms with Crippen molar-refractivity contribution in [3.8, 4) is 18.0 Å². The number of nitriles is 2. The van der Waals surface area contributed by atoms with Crippen LogP contribution in [-0.4, -0.2) is 78.7 Å². The smallest absolute Gasteiger partial charge is 0.246 e. The zero-order chi connectivity index (χ0) is 32.9. The number of ether oxygens (including phenoxy) is 1. The predicted octanol–water partition coefficient (Wildman–Crippen LogP) is 5.74. The van der Waals surface area contributed by atoms with Crippen LogP contribution in [0.5, 0.6) is 5.88 Å². The van der Waals surface area contributed by atoms with E-state index in [1.165, 1.54) is 47.4 Å². The molecule has 0 radical (unpaired) electrons. The van der Waals surface area contributed by atoms with Crippen LogP contribution in [0.4, 0.5) is 11.4 Å². The van der Waals surface area contributed by atoms with Gasteiger partial charge in [-0.25, -0.2) is 4.98 Å². The first-order valence-corrected chi connectivity index (χ1v) is 17.0. The molecule has 1 unspecified atom stereocenters. The van der Waals surface area contributed by atoms with Gasteiger partial charge in [0.2, 0.25) is 11.8 Å². The molecular formula is C38H45N7O2. The van der Waals surface area contributed by atoms with Crippen LogP contribution in [0.25, 0.3) is 10.8 Å². The Labute approximate surface area is 278 Å². The van der Waals surface area contributed by atoms with Crippen LogP contribution in [0.15, 0.2) is 49.1 Å². The van der Waals surface area contributed by atoms with Crippen LogP contribution in [0.1, 0.15) is 61.4 Å². The SMILES string of the molecule is C=CC(=O)N1CCN(c2c(C#N)c(OC(C)CCN3CCCCC3)nc3c2CCN(c2cccc4cccc(C)c24)C3)C[C@@H]1CC#N. The molecule has 9 heteroatoms. The van der Waals surface area contributed by atoms with Gasteiger partial charge in [0.1, 0.15) is 11.6 Å². The summed E-state index contributed by atoms with van der Waals surface area (Å²) in [5, 5.41) is 22.8. The lowest BCUT2D eigenvalue weighted by Crippen LogP contribution is -2.55. The first-order valence-electron chi connectivity index (χ1n) is 17.0. The molecule has 3 aliphatic heterocycles. The Kier molecular flexibility index (Phi) is 9.94. The van der Waals surface area contributed by atoms with Gasteiger partial charge in [-0.3, -0.25) is 4.79 Å². The van der Waals surface area contributed by atoms with Gasteiger partial charge in [-0.15, -0.1) is 0 Å². The highest BCUT2D eigenvalue weighted by atomic mass is 16.5. The van der Waals surface area contributed by atoms with E-state index in [0.29, 0.717) is 44.0 Å². The second-order valence-corrected chi connectivity index (χ2v) is 13.1. The van der Waals surface area contributed by atoms with E-state index >= 15 is 0 Å². The van der Waals surface area contributed by atoms with Crippen LogP contribution in [0.2, 0.25) is 0 Å². The number of carbonyl (C=O) groups is 1. The Bertz CT molecular complexity index is 1710. The molecule has 0 spiro atoms. The topological polar surface area (TPSA) is 99.7 Å². The number of amides is 1. The third-order valence-corrected chi connectivity index (χ3v) is 10.0. The van der Waals surface area contributed by atoms with E-state index in [9.17, 15) is 15.3 Å². The van der Waals surface area contributed by atoms with E-state index in [-0.39, 0.29) is 24.5 Å². The normalized spacial score (nSPS) is 19.1. The van der Waals surface area contributed by atoms with Crippen molar-refractivity contribution in [3.05, 3.63) is 71.4 Å². The van der Waals surface area contributed by atoms with Gasteiger partial charge in [0.25, 0.3) is 0 Å². The maximum Gasteiger partial charge on any atom is 0.246 e. The number of benzene rings is 2. The molecule has 0 aliphatic carbocycles. The van der Waals surface area contributed by atoms with Gasteiger partial charge in [-0.2, -0.15) is 10.5 Å². The number of aromatic nitrogens is 1. The highest BCUT2D eigenvalue weighted by molar-refractivity contribution is 5.97. The number of piperazine rings is 1. The molecule has 0 saturated carbocycles. The lowest BCUT2D eigenvalue weighted by atomic mass is 9.95. The lowest BCUT2D eigenvalue weighted by molar-refractivity contribution is -0.128. The zero-order valence-corrected chi connectivity index (χ0v) is 27.7. The minimum Gasteiger partial charge on any atom is -0.474 e. The molecule has 0 N–H and O–H groups in total. The van der Waals surface area contributed by atoms with E-state index in [4.69, 9.17) is 9.72 Å². The summed E-state index contributed by atoms with van der Waals surface area (Å²) in [7, 11) is 0. The van der Waals surface area contributed by atoms with Gasteiger partial charge in [0.15, 0.2) is 0 Å². The highest BCUT2D eigenvalue weighted by Crippen LogP contribution is 2.40. The van der Waals surface area contributed by atoms with Crippen LogP contribution >= 0.6 is 0 Å². The van der Waals surface area contributed by atoms with Crippen molar-refractivity contribution >= 4 is 28.1 Å². The quantitative estimate of drug-likeness (QED) is 0.276. The molecule has 1 aromatic heterocycles. The van der Waals surface area contributed by atoms with Crippen LogP contribution in [0.3, 0.4) is 0 Å². The van der Waals surface area contributed by atoms with Crippen molar-refractivity contribution in [2.24, 2.45) is 0 Å². The molecular weight excluding hydrogens is 586 g/mol. The number of aryl methyl sites for hydroxylation is 1. The summed E-state index contributed by atoms with van der Waals surface area (Å²) in [4.78, 5) is 26.6. The highest BCUT2D eigenvalue weighted by Gasteiger charge is 2.35. The summed E-state index contributed by atoms with van der Waals surface area (Å²) < 4.78 is 6.57. The number of likely N-dealkylation sites (tertiary alicyclic amines) is 1. The number of hydrogen-bond acceptors (Lipinski definition) is 8. The molecule has 6 rings (SSSR count). The summed E-state index contributed by atoms with van der Waals surface area (Å²) in [5.41, 5.74) is 5.68. The Morgan fingerprint density at radius 3 is 2.62 bits per heavy atom. The second kappa shape index (κ2) is 14.4. The number of nitrogens with zero attached hydrogens (tertiary/aromatic N) is 7. The van der Waals surface area contributed by atoms with E-state index in [1.54, 1.807) is 4.90 Å². The predicted molar refractivity (Wildman–Crippen MR) is 186 cm³/mol. The fourth-order valence-electron chi connectivity index (χ4n) is 7.59. The maximum atomic E-state index is 12.7. The van der Waals surface area contributed by atoms with Gasteiger partial charge in [0.05, 0.1) is 42.6 Å². The van der Waals surface area contributed by atoms with Gasteiger partial charge in [0, 0.05) is 49.4 Å². The standard InChI is InChI=1S/C38H45N7O2/c1-4-35(46)45-23-22-44(25-30(45)14-17-39)37-31-16-21-43(34-13-9-12-29-11-8-10-27(2)36(29)34)26-33(31)41-38(32(37)24-40)47-28(3)15-20-42-18-6-5-7-19-42/h4,8-13,28,30H,1,5-7,14-16,18-23,25-26H2,2-3H3/t28?,30-/m0/s1. The summed E-state index contributed by atoms with van der Waals surface area (Å²) in [6.07, 6.45) is 6.77. The van der Waals surface area contributed by atoms with E-state index in [0.717, 1.165) is 49.5 Å². The Balaban J connectivity index is 1.37. The summed E-state index contributed by atoms with van der Waals surface area (Å²) in [5.74, 6) is 0.208. The molecule has 47 heavy (non-hydrogen) atoms. The molecule has 4 heterocycles. The Hall–Kier alpha value is -4.60. The van der Waals surface area contributed by atoms with E-state index in [2.05, 4.69) is 83.7 Å². The number of carbonyl (C=O) groups excluding carboxylic acids is 1. The number of hydrogen-bond donors (Lipinski definition) is 0. The average molecular weight is 632 g/mol. The van der Waals surface area contributed by atoms with Crippen LogP contribution < -0.4 is 14.5 Å². The van der Waals surface area contributed by atoms with Gasteiger partial charge >= 0.3 is 0 Å². The number of piperidine rings is 1. The minimum absolute atomic E-state index is 0.115. The molecule has 1 amide bonds. The molecule has 2 saturated heterocycles. The first-order chi connectivity index (χ1) is 22.9. The van der Waals surface area contributed by atoms with Crippen molar-refractivity contribution < 1.29 is 9.53 Å². The fourth-order valence-corrected chi connectivity index (χ4v) is 7.59. The van der Waals surface area contributed by atoms with Gasteiger partial charge < -0.3 is 24.3 Å². The Morgan fingerprint density at radius 1 is 1.09 bits per heavy atom. The van der Waals surface area contributed by atoms with Crippen LogP contribution in [0, 0.1) is 29.6 Å². The Morgan fingerprint density at radius 2 is 1.87 bits per heavy atom. The van der Waals surface area contributed by atoms with Crippen molar-refractivity contribution in [2.45, 2.75) is 71.1 Å². The molecule has 9 nitrogen and oxygen atoms in total. The monoisotopic (exact) mass is 631 g/mol. The summed E-state index contributed by atoms with van der Waals surface area (Å²) >= 11 is 0. The molecule has 0 bridgehead atoms. The van der Waals surface area contributed by atoms with Crippen LogP contribution in [-0.2, 0) is 17.8 Å². The molecule has 3 aliphatic rings. The second-order valence-electron chi connectivity index (χ2n) is 13.1. The number of rotatable bonds is 9. The van der Waals surface area contributed by atoms with E-state index in [1.807, 2.05) is 0 Å². The molecule has 244 valence electrons. The molecule has 2 aromatic carbocycles. The number of fused-ring (bicyclic) bond motifs is 2. The van der Waals surface area contributed by atoms with Crippen molar-refractivity contribution in [1.29, 1.82) is 10.5 Å². The van der Waals surface area contributed by atoms with Gasteiger partial charge in [-0.05, 0) is 75.7 Å². The fraction of sp³-hybridized carbons (Fsp3) is 0.474. The molecule has 2 fully saturated rings. The largest absolute Gasteiger partial charge is 0.474 e. The number of anilines is 2. The van der Waals surface area contributed by atoms with Crippen molar-refractivity contribution in [1.82, 2.24) is 14.8 Å². The van der Waals surface area contributed by atoms with E-state index < -0.39 is 0 Å². The molecule has 2 atom stereocenters. The third-order valence-electron chi connectivity index (χ3n) is 10.0. The zero-order valence-electron chi connectivity index (χ0n) is 27.7. The van der Waals surface area contributed by atoms with Crippen molar-refractivity contribution in [2.75, 3.05) is 55.6 Å². The number of pyridine rings is 1.